The van der Waals surface area contributed by atoms with E-state index < -0.39 is 6.10 Å². The fourth-order valence-electron chi connectivity index (χ4n) is 2.61. The number of nitrogens with two attached hydrogens (primary N) is 1. The first kappa shape index (κ1) is 12.9. The van der Waals surface area contributed by atoms with Gasteiger partial charge in [0, 0.05) is 5.02 Å². The molecule has 2 nitrogen and oxygen atoms in total. The molecule has 0 bridgehead atoms. The third-order valence-corrected chi connectivity index (χ3v) is 4.24. The smallest absolute Gasteiger partial charge is 0.0760 e. The second kappa shape index (κ2) is 5.38. The number of hydrogen-bond acceptors (Lipinski definition) is 2. The first-order chi connectivity index (χ1) is 8.09. The van der Waals surface area contributed by atoms with E-state index in [0.717, 1.165) is 29.0 Å². The first-order valence-corrected chi connectivity index (χ1v) is 6.67. The van der Waals surface area contributed by atoms with Gasteiger partial charge in [0.25, 0.3) is 0 Å². The van der Waals surface area contributed by atoms with Gasteiger partial charge in [-0.2, -0.15) is 0 Å². The van der Waals surface area contributed by atoms with Gasteiger partial charge >= 0.3 is 0 Å². The third kappa shape index (κ3) is 2.82. The molecular formula is C14H20ClNO. The summed E-state index contributed by atoms with van der Waals surface area (Å²) in [5.41, 5.74) is 8.10. The summed E-state index contributed by atoms with van der Waals surface area (Å²) in [5, 5.41) is 11.0. The molecule has 0 spiro atoms. The van der Waals surface area contributed by atoms with Gasteiger partial charge in [0.15, 0.2) is 0 Å². The first-order valence-electron chi connectivity index (χ1n) is 6.29. The van der Waals surface area contributed by atoms with Crippen LogP contribution in [0.5, 0.6) is 0 Å². The Hall–Kier alpha value is -0.570. The lowest BCUT2D eigenvalue weighted by molar-refractivity contribution is 0.0845. The van der Waals surface area contributed by atoms with E-state index in [0.29, 0.717) is 5.92 Å². The minimum Gasteiger partial charge on any atom is -0.391 e. The van der Waals surface area contributed by atoms with Gasteiger partial charge in [-0.15, -0.1) is 0 Å². The number of hydrogen-bond donors (Lipinski definition) is 2. The molecule has 0 aromatic heterocycles. The summed E-state index contributed by atoms with van der Waals surface area (Å²) in [5.74, 6) is 0.352. The number of aliphatic hydroxyl groups excluding tert-OH is 1. The average molecular weight is 254 g/mol. The maximum absolute atomic E-state index is 10.3. The molecule has 1 fully saturated rings. The molecule has 0 unspecified atom stereocenters. The Morgan fingerprint density at radius 2 is 2.00 bits per heavy atom. The molecule has 94 valence electrons. The van der Waals surface area contributed by atoms with Gasteiger partial charge in [-0.05, 0) is 42.9 Å². The number of aliphatic hydroxyl groups is 1. The molecule has 2 atom stereocenters. The predicted octanol–water partition coefficient (Wildman–Crippen LogP) is 3.20. The molecule has 0 amide bonds. The zero-order valence-electron chi connectivity index (χ0n) is 10.2. The van der Waals surface area contributed by atoms with Crippen molar-refractivity contribution in [2.45, 2.75) is 44.8 Å². The van der Waals surface area contributed by atoms with Crippen LogP contribution in [0.4, 0.5) is 0 Å². The Morgan fingerprint density at radius 1 is 1.35 bits per heavy atom. The van der Waals surface area contributed by atoms with E-state index in [1.54, 1.807) is 0 Å². The summed E-state index contributed by atoms with van der Waals surface area (Å²) in [6.07, 6.45) is 4.16. The normalized spacial score (nSPS) is 20.5. The lowest BCUT2D eigenvalue weighted by atomic mass is 9.90. The van der Waals surface area contributed by atoms with Crippen LogP contribution in [0.2, 0.25) is 5.02 Å². The molecule has 0 heterocycles. The van der Waals surface area contributed by atoms with Gasteiger partial charge in [0.1, 0.15) is 0 Å². The Labute approximate surface area is 108 Å². The van der Waals surface area contributed by atoms with E-state index in [9.17, 15) is 5.11 Å². The van der Waals surface area contributed by atoms with Crippen molar-refractivity contribution in [2.75, 3.05) is 0 Å². The van der Waals surface area contributed by atoms with Crippen LogP contribution in [0, 0.1) is 12.8 Å². The monoisotopic (exact) mass is 253 g/mol. The summed E-state index contributed by atoms with van der Waals surface area (Å²) in [6.45, 7) is 1.96. The van der Waals surface area contributed by atoms with Gasteiger partial charge in [-0.1, -0.05) is 36.6 Å². The molecule has 1 aromatic carbocycles. The van der Waals surface area contributed by atoms with E-state index in [-0.39, 0.29) is 6.04 Å². The highest BCUT2D eigenvalue weighted by Gasteiger charge is 2.28. The van der Waals surface area contributed by atoms with Crippen LogP contribution in [-0.2, 0) is 0 Å². The Balaban J connectivity index is 2.12. The number of aryl methyl sites for hydroxylation is 1. The number of benzene rings is 1. The standard InChI is InChI=1S/C14H20ClNO/c1-9-6-7-11(8-12(9)15)13(16)14(17)10-4-2-3-5-10/h6-8,10,13-14,17H,2-5,16H2,1H3/t13-,14+/m1/s1. The van der Waals surface area contributed by atoms with Crippen molar-refractivity contribution >= 4 is 11.6 Å². The van der Waals surface area contributed by atoms with Crippen LogP contribution in [0.15, 0.2) is 18.2 Å². The minimum absolute atomic E-state index is 0.323. The molecule has 2 rings (SSSR count). The highest BCUT2D eigenvalue weighted by Crippen LogP contribution is 2.33. The second-order valence-electron chi connectivity index (χ2n) is 5.07. The Kier molecular flexibility index (Phi) is 4.08. The van der Waals surface area contributed by atoms with E-state index in [4.69, 9.17) is 17.3 Å². The summed E-state index contributed by atoms with van der Waals surface area (Å²) in [4.78, 5) is 0. The van der Waals surface area contributed by atoms with Gasteiger partial charge < -0.3 is 10.8 Å². The van der Waals surface area contributed by atoms with Crippen LogP contribution in [0.25, 0.3) is 0 Å². The zero-order valence-corrected chi connectivity index (χ0v) is 11.0. The summed E-state index contributed by atoms with van der Waals surface area (Å²) < 4.78 is 0. The van der Waals surface area contributed by atoms with Gasteiger partial charge in [0.05, 0.1) is 12.1 Å². The molecule has 3 heteroatoms. The molecule has 1 aliphatic rings. The molecule has 3 N–H and O–H groups in total. The fourth-order valence-corrected chi connectivity index (χ4v) is 2.79. The number of rotatable bonds is 3. The molecule has 1 saturated carbocycles. The van der Waals surface area contributed by atoms with Gasteiger partial charge in [-0.25, -0.2) is 0 Å². The molecule has 17 heavy (non-hydrogen) atoms. The van der Waals surface area contributed by atoms with Crippen molar-refractivity contribution in [2.24, 2.45) is 11.7 Å². The largest absolute Gasteiger partial charge is 0.391 e. The fraction of sp³-hybridized carbons (Fsp3) is 0.571. The van der Waals surface area contributed by atoms with E-state index in [2.05, 4.69) is 0 Å². The van der Waals surface area contributed by atoms with E-state index >= 15 is 0 Å². The van der Waals surface area contributed by atoms with Crippen LogP contribution in [-0.4, -0.2) is 11.2 Å². The second-order valence-corrected chi connectivity index (χ2v) is 5.48. The van der Waals surface area contributed by atoms with E-state index in [1.807, 2.05) is 25.1 Å². The molecule has 0 radical (unpaired) electrons. The van der Waals surface area contributed by atoms with Crippen molar-refractivity contribution in [1.29, 1.82) is 0 Å². The van der Waals surface area contributed by atoms with Crippen LogP contribution in [0.3, 0.4) is 0 Å². The zero-order chi connectivity index (χ0) is 12.4. The molecule has 0 saturated heterocycles. The SMILES string of the molecule is Cc1ccc([C@@H](N)[C@@H](O)C2CCCC2)cc1Cl. The van der Waals surface area contributed by atoms with Crippen molar-refractivity contribution in [3.63, 3.8) is 0 Å². The maximum Gasteiger partial charge on any atom is 0.0760 e. The van der Waals surface area contributed by atoms with E-state index in [1.165, 1.54) is 12.8 Å². The van der Waals surface area contributed by atoms with Crippen LogP contribution >= 0.6 is 11.6 Å². The van der Waals surface area contributed by atoms with Crippen LogP contribution < -0.4 is 5.73 Å². The number of halogens is 1. The van der Waals surface area contributed by atoms with Crippen molar-refractivity contribution in [3.8, 4) is 0 Å². The van der Waals surface area contributed by atoms with Crippen molar-refractivity contribution < 1.29 is 5.11 Å². The quantitative estimate of drug-likeness (QED) is 0.869. The van der Waals surface area contributed by atoms with Crippen molar-refractivity contribution in [1.82, 2.24) is 0 Å². The maximum atomic E-state index is 10.3. The van der Waals surface area contributed by atoms with Crippen LogP contribution in [0.1, 0.15) is 42.9 Å². The summed E-state index contributed by atoms with van der Waals surface area (Å²) in [6, 6.07) is 5.47. The Bertz CT molecular complexity index is 388. The molecular weight excluding hydrogens is 234 g/mol. The third-order valence-electron chi connectivity index (χ3n) is 3.83. The van der Waals surface area contributed by atoms with Gasteiger partial charge in [0.2, 0.25) is 0 Å². The molecule has 1 aliphatic carbocycles. The summed E-state index contributed by atoms with van der Waals surface area (Å²) in [7, 11) is 0. The van der Waals surface area contributed by atoms with Crippen molar-refractivity contribution in [3.05, 3.63) is 34.3 Å². The molecule has 1 aromatic rings. The Morgan fingerprint density at radius 3 is 2.59 bits per heavy atom. The predicted molar refractivity (Wildman–Crippen MR) is 71.1 cm³/mol. The summed E-state index contributed by atoms with van der Waals surface area (Å²) >= 11 is 6.09. The highest BCUT2D eigenvalue weighted by atomic mass is 35.5. The highest BCUT2D eigenvalue weighted by molar-refractivity contribution is 6.31. The minimum atomic E-state index is -0.448. The van der Waals surface area contributed by atoms with Gasteiger partial charge in [-0.3, -0.25) is 0 Å². The topological polar surface area (TPSA) is 46.2 Å². The lowest BCUT2D eigenvalue weighted by Gasteiger charge is -2.24. The average Bonchev–Trinajstić information content (AvgIpc) is 2.84. The molecule has 0 aliphatic heterocycles. The lowest BCUT2D eigenvalue weighted by Crippen LogP contribution is -2.31.